The van der Waals surface area contributed by atoms with Crippen LogP contribution in [0, 0.1) is 17.3 Å². The molecule has 1 saturated carbocycles. The van der Waals surface area contributed by atoms with Crippen molar-refractivity contribution < 1.29 is 47.2 Å². The van der Waals surface area contributed by atoms with Gasteiger partial charge < -0.3 is 43.7 Å². The molecule has 0 amide bonds. The lowest BCUT2D eigenvalue weighted by Crippen LogP contribution is -2.81. The standard InChI is InChI=1S/C48H61F2N5O8/c1-10-45-15-11-17-55-19-16-46(39(45)55)33-22-34(37(60-7)23-36(33)53(6)40(46)48(59,43(58)62-9)41(45)63-27(2)56)47(42(57)61-8)24-28-20-29(44(3,49)50)26-54(25-28)18-14-31-32-21-30(52(4)5)12-13-35(32)51-38(31)47/h11-13,15,21-23,28-29,39-41,51,59H,10,14,16-20,24-26H2,1-9H3/t28?,29?,39?,40?,41-,45-,46?,47-,48+/m0/s1. The molecular weight excluding hydrogens is 813 g/mol. The average molecular weight is 874 g/mol. The minimum Gasteiger partial charge on any atom is -0.496 e. The zero-order valence-electron chi connectivity index (χ0n) is 37.8. The fraction of sp³-hybridized carbons (Fsp3) is 0.604. The number of anilines is 2. The minimum absolute atomic E-state index is 0.141. The number of carbonyl (C=O) groups excluding carboxylic acids is 3. The summed E-state index contributed by atoms with van der Waals surface area (Å²) in [5.41, 5.74) is -0.659. The zero-order valence-corrected chi connectivity index (χ0v) is 37.8. The number of halogens is 2. The van der Waals surface area contributed by atoms with Gasteiger partial charge in [0.1, 0.15) is 11.2 Å². The molecule has 0 radical (unpaired) electrons. The van der Waals surface area contributed by atoms with Crippen LogP contribution in [0.4, 0.5) is 20.2 Å². The number of H-pyrrole nitrogens is 1. The molecule has 2 saturated heterocycles. The Kier molecular flexibility index (Phi) is 10.3. The summed E-state index contributed by atoms with van der Waals surface area (Å²) in [6, 6.07) is 8.70. The number of aromatic amines is 1. The fourth-order valence-electron chi connectivity index (χ4n) is 13.7. The molecule has 2 N–H and O–H groups in total. The van der Waals surface area contributed by atoms with E-state index in [4.69, 9.17) is 18.9 Å². The molecule has 6 unspecified atom stereocenters. The number of alkyl halides is 2. The van der Waals surface area contributed by atoms with Gasteiger partial charge in [-0.2, -0.15) is 0 Å². The Hall–Kier alpha value is -4.73. The van der Waals surface area contributed by atoms with Crippen molar-refractivity contribution in [3.05, 3.63) is 64.9 Å². The summed E-state index contributed by atoms with van der Waals surface area (Å²) in [6.07, 6.45) is 4.48. The number of esters is 3. The maximum absolute atomic E-state index is 15.5. The van der Waals surface area contributed by atoms with Gasteiger partial charge in [0.25, 0.3) is 0 Å². The van der Waals surface area contributed by atoms with E-state index in [-0.39, 0.29) is 31.3 Å². The Morgan fingerprint density at radius 2 is 1.76 bits per heavy atom. The Labute approximate surface area is 367 Å². The molecule has 5 aliphatic heterocycles. The van der Waals surface area contributed by atoms with Crippen LogP contribution in [0.1, 0.15) is 68.8 Å². The van der Waals surface area contributed by atoms with Crippen LogP contribution >= 0.6 is 0 Å². The number of nitrogens with one attached hydrogen (secondary N) is 1. The number of methoxy groups -OCH3 is 3. The molecule has 15 heteroatoms. The molecule has 2 aromatic carbocycles. The molecule has 2 bridgehead atoms. The van der Waals surface area contributed by atoms with Crippen LogP contribution in [-0.4, -0.2) is 143 Å². The van der Waals surface area contributed by atoms with Crippen molar-refractivity contribution in [2.24, 2.45) is 17.3 Å². The molecule has 13 nitrogen and oxygen atoms in total. The molecule has 6 aliphatic rings. The number of fused-ring (bicyclic) bond motifs is 6. The third-order valence-corrected chi connectivity index (χ3v) is 16.2. The first-order valence-corrected chi connectivity index (χ1v) is 22.2. The van der Waals surface area contributed by atoms with Crippen molar-refractivity contribution in [3.8, 4) is 5.75 Å². The first kappa shape index (κ1) is 43.5. The zero-order chi connectivity index (χ0) is 45.2. The molecule has 1 aromatic heterocycles. The first-order chi connectivity index (χ1) is 29.9. The second-order valence-electron chi connectivity index (χ2n) is 19.4. The maximum atomic E-state index is 15.5. The van der Waals surface area contributed by atoms with Crippen LogP contribution in [0.15, 0.2) is 42.5 Å². The molecule has 3 fully saturated rings. The Morgan fingerprint density at radius 1 is 1.02 bits per heavy atom. The molecule has 1 spiro atoms. The third kappa shape index (κ3) is 5.90. The number of nitrogens with zero attached hydrogens (tertiary/aromatic N) is 4. The number of hydrogen-bond donors (Lipinski definition) is 2. The Morgan fingerprint density at radius 3 is 2.41 bits per heavy atom. The normalized spacial score (nSPS) is 34.4. The highest BCUT2D eigenvalue weighted by Gasteiger charge is 2.80. The van der Waals surface area contributed by atoms with Gasteiger partial charge in [-0.1, -0.05) is 19.1 Å². The Balaban J connectivity index is 1.36. The van der Waals surface area contributed by atoms with Gasteiger partial charge in [-0.05, 0) is 86.9 Å². The largest absolute Gasteiger partial charge is 0.496 e. The SMILES string of the molecule is CC[C@@]12C=CCN3CCC4(c5cc([C@@]6(C(=O)OC)CC7CC(C(C)(F)F)CN(CCc8c6[nH]c6ccc(N(C)C)cc86)C7)c(OC)cc5N(C)C4[C@](O)(C(=O)OC)[C@H]1OC(C)=O)C32. The van der Waals surface area contributed by atoms with E-state index in [0.717, 1.165) is 34.6 Å². The van der Waals surface area contributed by atoms with E-state index in [1.54, 1.807) is 7.11 Å². The number of aliphatic hydroxyl groups is 1. The topological polar surface area (TPSA) is 137 Å². The molecule has 1 aliphatic carbocycles. The van der Waals surface area contributed by atoms with Crippen molar-refractivity contribution >= 4 is 40.2 Å². The van der Waals surface area contributed by atoms with Crippen LogP contribution in [-0.2, 0) is 45.8 Å². The molecule has 10 atom stereocenters. The summed E-state index contributed by atoms with van der Waals surface area (Å²) in [5.74, 6) is -5.96. The van der Waals surface area contributed by atoms with E-state index in [9.17, 15) is 14.7 Å². The van der Waals surface area contributed by atoms with E-state index >= 15 is 13.6 Å². The van der Waals surface area contributed by atoms with Gasteiger partial charge in [0.05, 0.1) is 27.4 Å². The lowest BCUT2D eigenvalue weighted by atomic mass is 9.47. The summed E-state index contributed by atoms with van der Waals surface area (Å²) in [6.45, 7) is 6.75. The van der Waals surface area contributed by atoms with E-state index in [0.29, 0.717) is 68.1 Å². The highest BCUT2D eigenvalue weighted by Crippen LogP contribution is 2.68. The highest BCUT2D eigenvalue weighted by atomic mass is 19.3. The molecular formula is C48H61F2N5O8. The number of ether oxygens (including phenoxy) is 4. The van der Waals surface area contributed by atoms with Gasteiger partial charge in [0.15, 0.2) is 6.10 Å². The number of rotatable bonds is 8. The number of aromatic nitrogens is 1. The van der Waals surface area contributed by atoms with Crippen molar-refractivity contribution in [2.45, 2.75) is 93.4 Å². The van der Waals surface area contributed by atoms with Gasteiger partial charge in [-0.15, -0.1) is 0 Å². The summed E-state index contributed by atoms with van der Waals surface area (Å²) in [5, 5.41) is 14.3. The molecule has 6 heterocycles. The fourth-order valence-corrected chi connectivity index (χ4v) is 13.7. The van der Waals surface area contributed by atoms with Crippen LogP contribution in [0.3, 0.4) is 0 Å². The lowest BCUT2D eigenvalue weighted by Gasteiger charge is -2.63. The monoisotopic (exact) mass is 873 g/mol. The second-order valence-corrected chi connectivity index (χ2v) is 19.4. The number of piperidine rings is 1. The molecule has 3 aromatic rings. The van der Waals surface area contributed by atoms with Crippen LogP contribution in [0.2, 0.25) is 0 Å². The summed E-state index contributed by atoms with van der Waals surface area (Å²) in [7, 11) is 9.91. The maximum Gasteiger partial charge on any atom is 0.344 e. The van der Waals surface area contributed by atoms with Gasteiger partial charge in [0.2, 0.25) is 11.5 Å². The van der Waals surface area contributed by atoms with Gasteiger partial charge in [-0.25, -0.2) is 13.6 Å². The van der Waals surface area contributed by atoms with E-state index < -0.39 is 63.7 Å². The quantitative estimate of drug-likeness (QED) is 0.175. The minimum atomic E-state index is -2.94. The van der Waals surface area contributed by atoms with Gasteiger partial charge in [0, 0.05) is 117 Å². The number of hydrogen-bond acceptors (Lipinski definition) is 12. The second kappa shape index (κ2) is 14.9. The number of benzene rings is 2. The molecule has 340 valence electrons. The van der Waals surface area contributed by atoms with Crippen molar-refractivity contribution in [1.29, 1.82) is 0 Å². The predicted octanol–water partition coefficient (Wildman–Crippen LogP) is 5.19. The van der Waals surface area contributed by atoms with Crippen molar-refractivity contribution in [2.75, 3.05) is 85.0 Å². The van der Waals surface area contributed by atoms with Crippen LogP contribution in [0.25, 0.3) is 10.9 Å². The van der Waals surface area contributed by atoms with E-state index in [1.165, 1.54) is 21.1 Å². The summed E-state index contributed by atoms with van der Waals surface area (Å²) >= 11 is 0. The van der Waals surface area contributed by atoms with Gasteiger partial charge in [-0.3, -0.25) is 14.5 Å². The number of carbonyl (C=O) groups is 3. The first-order valence-electron chi connectivity index (χ1n) is 22.2. The smallest absolute Gasteiger partial charge is 0.344 e. The van der Waals surface area contributed by atoms with Crippen LogP contribution < -0.4 is 14.5 Å². The third-order valence-electron chi connectivity index (χ3n) is 16.2. The van der Waals surface area contributed by atoms with Gasteiger partial charge >= 0.3 is 17.9 Å². The van der Waals surface area contributed by atoms with E-state index in [2.05, 4.69) is 20.9 Å². The predicted molar refractivity (Wildman–Crippen MR) is 234 cm³/mol. The van der Waals surface area contributed by atoms with Crippen molar-refractivity contribution in [3.63, 3.8) is 0 Å². The average Bonchev–Trinajstić information content (AvgIpc) is 3.92. The molecule has 9 rings (SSSR count). The lowest BCUT2D eigenvalue weighted by molar-refractivity contribution is -0.228. The van der Waals surface area contributed by atoms with E-state index in [1.807, 2.05) is 74.3 Å². The number of likely N-dealkylation sites (N-methyl/N-ethyl adjacent to an activating group) is 1. The Bertz CT molecular complexity index is 2400. The molecule has 63 heavy (non-hydrogen) atoms. The summed E-state index contributed by atoms with van der Waals surface area (Å²) < 4.78 is 54.8. The summed E-state index contributed by atoms with van der Waals surface area (Å²) in [4.78, 5) is 55.1. The van der Waals surface area contributed by atoms with Crippen molar-refractivity contribution in [1.82, 2.24) is 14.8 Å². The van der Waals surface area contributed by atoms with Crippen LogP contribution in [0.5, 0.6) is 5.75 Å². The highest BCUT2D eigenvalue weighted by molar-refractivity contribution is 5.96.